The third kappa shape index (κ3) is 6.71. The second-order valence-corrected chi connectivity index (χ2v) is 13.1. The van der Waals surface area contributed by atoms with Crippen molar-refractivity contribution in [2.24, 2.45) is 5.92 Å². The normalized spacial score (nSPS) is 18.8. The standard InChI is InChI=1S/C32H37NO2S3/c1-24(2)29-23-37-31(36)33(29)30(35)22-28(34)20-12-13-21-38-32(25-14-6-3-7-15-25,26-16-8-4-9-17-26)27-18-10-5-11-19-27/h3-12,14-20,24,28-29,31,34,36H,13,21-23H2,1-2H3/b20-12+/t28-,29+,31-/m1/s1. The van der Waals surface area contributed by atoms with E-state index in [1.165, 1.54) is 16.7 Å². The number of aliphatic hydroxyl groups excluding tert-OH is 1. The number of thiol groups is 1. The minimum atomic E-state index is -0.798. The molecular weight excluding hydrogens is 527 g/mol. The van der Waals surface area contributed by atoms with Gasteiger partial charge in [-0.2, -0.15) is 0 Å². The van der Waals surface area contributed by atoms with E-state index in [4.69, 9.17) is 0 Å². The smallest absolute Gasteiger partial charge is 0.227 e. The third-order valence-electron chi connectivity index (χ3n) is 6.95. The van der Waals surface area contributed by atoms with Gasteiger partial charge in [-0.15, -0.1) is 36.2 Å². The molecule has 1 fully saturated rings. The zero-order valence-corrected chi connectivity index (χ0v) is 24.5. The van der Waals surface area contributed by atoms with Gasteiger partial charge in [0.25, 0.3) is 0 Å². The van der Waals surface area contributed by atoms with Crippen LogP contribution in [0.4, 0.5) is 0 Å². The lowest BCUT2D eigenvalue weighted by Crippen LogP contribution is -2.43. The number of hydrogen-bond donors (Lipinski definition) is 2. The average Bonchev–Trinajstić information content (AvgIpc) is 3.34. The summed E-state index contributed by atoms with van der Waals surface area (Å²) in [6.45, 7) is 4.26. The Morgan fingerprint density at radius 1 is 1.00 bits per heavy atom. The minimum absolute atomic E-state index is 0.0310. The molecular formula is C32H37NO2S3. The van der Waals surface area contributed by atoms with Gasteiger partial charge >= 0.3 is 0 Å². The molecule has 3 aromatic rings. The van der Waals surface area contributed by atoms with Crippen molar-refractivity contribution < 1.29 is 9.90 Å². The van der Waals surface area contributed by atoms with Crippen molar-refractivity contribution in [2.75, 3.05) is 11.5 Å². The molecule has 1 N–H and O–H groups in total. The average molecular weight is 564 g/mol. The highest BCUT2D eigenvalue weighted by Gasteiger charge is 2.38. The Bertz CT molecular complexity index is 1070. The maximum atomic E-state index is 12.9. The van der Waals surface area contributed by atoms with E-state index >= 15 is 0 Å². The summed E-state index contributed by atoms with van der Waals surface area (Å²) in [4.78, 5) is 14.8. The maximum Gasteiger partial charge on any atom is 0.227 e. The quantitative estimate of drug-likeness (QED) is 0.112. The highest BCUT2D eigenvalue weighted by Crippen LogP contribution is 2.48. The molecule has 38 heavy (non-hydrogen) atoms. The van der Waals surface area contributed by atoms with Crippen molar-refractivity contribution in [3.8, 4) is 0 Å². The molecule has 3 atom stereocenters. The van der Waals surface area contributed by atoms with E-state index < -0.39 is 6.10 Å². The van der Waals surface area contributed by atoms with E-state index in [1.54, 1.807) is 17.8 Å². The molecule has 6 heteroatoms. The summed E-state index contributed by atoms with van der Waals surface area (Å²) >= 11 is 8.17. The van der Waals surface area contributed by atoms with E-state index in [-0.39, 0.29) is 27.8 Å². The number of rotatable bonds is 11. The number of nitrogens with zero attached hydrogens (tertiary/aromatic N) is 1. The summed E-state index contributed by atoms with van der Waals surface area (Å²) in [5, 5.41) is 10.6. The lowest BCUT2D eigenvalue weighted by atomic mass is 9.84. The summed E-state index contributed by atoms with van der Waals surface area (Å²) < 4.78 is -0.489. The van der Waals surface area contributed by atoms with Crippen molar-refractivity contribution in [3.63, 3.8) is 0 Å². The number of amides is 1. The molecule has 1 aliphatic heterocycles. The first-order valence-corrected chi connectivity index (χ1v) is 15.7. The number of allylic oxidation sites excluding steroid dienone is 1. The van der Waals surface area contributed by atoms with Crippen LogP contribution in [0.5, 0.6) is 0 Å². The van der Waals surface area contributed by atoms with Crippen LogP contribution in [0, 0.1) is 5.92 Å². The highest BCUT2D eigenvalue weighted by molar-refractivity contribution is 8.10. The predicted molar refractivity (Wildman–Crippen MR) is 167 cm³/mol. The summed E-state index contributed by atoms with van der Waals surface area (Å²) in [6, 6.07) is 32.1. The van der Waals surface area contributed by atoms with E-state index in [0.29, 0.717) is 5.92 Å². The molecule has 0 bridgehead atoms. The number of benzene rings is 3. The van der Waals surface area contributed by atoms with E-state index in [0.717, 1.165) is 17.9 Å². The Morgan fingerprint density at radius 2 is 1.50 bits per heavy atom. The van der Waals surface area contributed by atoms with Crippen LogP contribution < -0.4 is 0 Å². The van der Waals surface area contributed by atoms with E-state index in [9.17, 15) is 9.90 Å². The van der Waals surface area contributed by atoms with Gasteiger partial charge in [0.15, 0.2) is 0 Å². The van der Waals surface area contributed by atoms with Crippen LogP contribution in [-0.4, -0.2) is 44.3 Å². The number of carbonyl (C=O) groups is 1. The van der Waals surface area contributed by atoms with E-state index in [2.05, 4.69) is 117 Å². The Kier molecular flexibility index (Phi) is 10.5. The SMILES string of the molecule is CC(C)[C@@H]1CS[C@@H](S)N1C(=O)C[C@H](O)/C=C/CCSC(c1ccccc1)(c1ccccc1)c1ccccc1. The fourth-order valence-corrected chi connectivity index (χ4v) is 8.36. The zero-order chi connectivity index (χ0) is 27.0. The number of carbonyl (C=O) groups excluding carboxylic acids is 1. The van der Waals surface area contributed by atoms with Gasteiger partial charge in [-0.25, -0.2) is 0 Å². The maximum absolute atomic E-state index is 12.9. The zero-order valence-electron chi connectivity index (χ0n) is 22.0. The molecule has 0 spiro atoms. The van der Waals surface area contributed by atoms with Gasteiger partial charge in [0.05, 0.1) is 17.3 Å². The Morgan fingerprint density at radius 3 is 1.97 bits per heavy atom. The molecule has 1 saturated heterocycles. The lowest BCUT2D eigenvalue weighted by molar-refractivity contribution is -0.134. The summed E-state index contributed by atoms with van der Waals surface area (Å²) in [5.74, 6) is 2.09. The topological polar surface area (TPSA) is 40.5 Å². The molecule has 0 unspecified atom stereocenters. The molecule has 4 rings (SSSR count). The fourth-order valence-electron chi connectivity index (χ4n) is 4.99. The van der Waals surface area contributed by atoms with Crippen LogP contribution in [-0.2, 0) is 9.54 Å². The monoisotopic (exact) mass is 563 g/mol. The first-order valence-electron chi connectivity index (χ1n) is 13.2. The summed E-state index contributed by atoms with van der Waals surface area (Å²) in [6.07, 6.45) is 3.86. The molecule has 1 heterocycles. The predicted octanol–water partition coefficient (Wildman–Crippen LogP) is 7.22. The van der Waals surface area contributed by atoms with Crippen LogP contribution >= 0.6 is 36.2 Å². The van der Waals surface area contributed by atoms with Crippen LogP contribution in [0.1, 0.15) is 43.4 Å². The third-order valence-corrected chi connectivity index (χ3v) is 10.3. The largest absolute Gasteiger partial charge is 0.389 e. The number of hydrogen-bond acceptors (Lipinski definition) is 5. The molecule has 3 aromatic carbocycles. The van der Waals surface area contributed by atoms with Crippen molar-refractivity contribution in [3.05, 3.63) is 120 Å². The van der Waals surface area contributed by atoms with Gasteiger partial charge in [0.2, 0.25) is 5.91 Å². The van der Waals surface area contributed by atoms with Crippen molar-refractivity contribution in [1.29, 1.82) is 0 Å². The molecule has 0 aromatic heterocycles. The van der Waals surface area contributed by atoms with Crippen molar-refractivity contribution in [1.82, 2.24) is 4.90 Å². The lowest BCUT2D eigenvalue weighted by Gasteiger charge is -2.35. The van der Waals surface area contributed by atoms with Crippen LogP contribution in [0.2, 0.25) is 0 Å². The van der Waals surface area contributed by atoms with Crippen LogP contribution in [0.15, 0.2) is 103 Å². The Hall–Kier alpha value is -2.12. The van der Waals surface area contributed by atoms with Gasteiger partial charge in [0, 0.05) is 11.8 Å². The molecule has 0 radical (unpaired) electrons. The molecule has 0 aliphatic carbocycles. The minimum Gasteiger partial charge on any atom is -0.389 e. The van der Waals surface area contributed by atoms with Gasteiger partial charge in [0.1, 0.15) is 4.71 Å². The van der Waals surface area contributed by atoms with Crippen LogP contribution in [0.3, 0.4) is 0 Å². The summed E-state index contributed by atoms with van der Waals surface area (Å²) in [7, 11) is 0. The molecule has 1 amide bonds. The number of thioether (sulfide) groups is 2. The Labute approximate surface area is 241 Å². The summed E-state index contributed by atoms with van der Waals surface area (Å²) in [5.41, 5.74) is 3.71. The van der Waals surface area contributed by atoms with Gasteiger partial charge in [-0.1, -0.05) is 117 Å². The Balaban J connectivity index is 1.46. The first-order chi connectivity index (χ1) is 18.4. The molecule has 1 aliphatic rings. The van der Waals surface area contributed by atoms with Gasteiger partial charge < -0.3 is 10.0 Å². The second kappa shape index (κ2) is 13.8. The fraction of sp³-hybridized carbons (Fsp3) is 0.344. The van der Waals surface area contributed by atoms with Crippen molar-refractivity contribution >= 4 is 42.1 Å². The second-order valence-electron chi connectivity index (χ2n) is 9.89. The van der Waals surface area contributed by atoms with Crippen LogP contribution in [0.25, 0.3) is 0 Å². The molecule has 0 saturated carbocycles. The molecule has 200 valence electrons. The van der Waals surface area contributed by atoms with Gasteiger partial charge in [-0.3, -0.25) is 4.79 Å². The molecule has 3 nitrogen and oxygen atoms in total. The van der Waals surface area contributed by atoms with Gasteiger partial charge in [-0.05, 0) is 34.8 Å². The number of aliphatic hydroxyl groups is 1. The first kappa shape index (κ1) is 28.9. The van der Waals surface area contributed by atoms with Crippen molar-refractivity contribution in [2.45, 2.75) is 48.3 Å². The highest BCUT2D eigenvalue weighted by atomic mass is 32.2. The van der Waals surface area contributed by atoms with E-state index in [1.807, 2.05) is 22.7 Å².